The topological polar surface area (TPSA) is 54.3 Å². The molecule has 1 aromatic heterocycles. The van der Waals surface area contributed by atoms with E-state index in [2.05, 4.69) is 22.9 Å². The highest BCUT2D eigenvalue weighted by Crippen LogP contribution is 2.24. The van der Waals surface area contributed by atoms with E-state index in [9.17, 15) is 8.42 Å². The number of nitrogens with zero attached hydrogens (tertiary/aromatic N) is 2. The third-order valence-corrected chi connectivity index (χ3v) is 7.02. The third kappa shape index (κ3) is 3.73. The molecule has 6 heteroatoms. The molecule has 126 valence electrons. The van der Waals surface area contributed by atoms with E-state index in [1.165, 1.54) is 5.69 Å². The van der Waals surface area contributed by atoms with Crippen LogP contribution in [0, 0.1) is 5.92 Å². The summed E-state index contributed by atoms with van der Waals surface area (Å²) in [6.07, 6.45) is 3.93. The normalized spacial score (nSPS) is 24.0. The number of hydrogen-bond acceptors (Lipinski definition) is 3. The first kappa shape index (κ1) is 17.5. The van der Waals surface area contributed by atoms with Crippen molar-refractivity contribution in [3.05, 3.63) is 24.0 Å². The van der Waals surface area contributed by atoms with Crippen LogP contribution in [0.25, 0.3) is 0 Å². The van der Waals surface area contributed by atoms with Crippen LogP contribution in [0.1, 0.15) is 39.3 Å². The van der Waals surface area contributed by atoms with Crippen LogP contribution >= 0.6 is 0 Å². The maximum absolute atomic E-state index is 12.3. The Balaban J connectivity index is 1.97. The number of aryl methyl sites for hydroxylation is 1. The lowest BCUT2D eigenvalue weighted by Gasteiger charge is -2.38. The summed E-state index contributed by atoms with van der Waals surface area (Å²) in [4.78, 5) is 0. The van der Waals surface area contributed by atoms with Crippen molar-refractivity contribution >= 4 is 10.0 Å². The molecule has 1 aromatic rings. The van der Waals surface area contributed by atoms with Gasteiger partial charge in [0.2, 0.25) is 10.0 Å². The maximum atomic E-state index is 12.3. The molecule has 22 heavy (non-hydrogen) atoms. The first-order valence-electron chi connectivity index (χ1n) is 8.18. The van der Waals surface area contributed by atoms with Crippen LogP contribution in [0.2, 0.25) is 0 Å². The molecule has 1 aliphatic heterocycles. The van der Waals surface area contributed by atoms with Crippen molar-refractivity contribution in [3.8, 4) is 0 Å². The van der Waals surface area contributed by atoms with Gasteiger partial charge in [0.1, 0.15) is 0 Å². The summed E-state index contributed by atoms with van der Waals surface area (Å²) in [5.41, 5.74) is 1.26. The lowest BCUT2D eigenvalue weighted by Crippen LogP contribution is -2.52. The van der Waals surface area contributed by atoms with Crippen molar-refractivity contribution < 1.29 is 8.42 Å². The van der Waals surface area contributed by atoms with Gasteiger partial charge in [0, 0.05) is 44.6 Å². The van der Waals surface area contributed by atoms with Gasteiger partial charge in [-0.15, -0.1) is 0 Å². The molecule has 0 aromatic carbocycles. The lowest BCUT2D eigenvalue weighted by atomic mass is 9.91. The molecule has 5 nitrogen and oxygen atoms in total. The summed E-state index contributed by atoms with van der Waals surface area (Å²) in [5, 5.41) is 3.29. The molecule has 0 spiro atoms. The molecular formula is C16H29N3O2S. The van der Waals surface area contributed by atoms with Gasteiger partial charge in [-0.05, 0) is 38.3 Å². The Kier molecular flexibility index (Phi) is 5.69. The molecule has 2 heterocycles. The zero-order chi connectivity index (χ0) is 16.3. The number of aromatic nitrogens is 1. The van der Waals surface area contributed by atoms with Crippen LogP contribution in [0.15, 0.2) is 18.3 Å². The average Bonchev–Trinajstić information content (AvgIpc) is 2.90. The molecule has 0 saturated carbocycles. The third-order valence-electron chi connectivity index (χ3n) is 4.77. The Morgan fingerprint density at radius 1 is 1.41 bits per heavy atom. The van der Waals surface area contributed by atoms with Gasteiger partial charge in [0.25, 0.3) is 0 Å². The van der Waals surface area contributed by atoms with Gasteiger partial charge >= 0.3 is 0 Å². The Morgan fingerprint density at radius 3 is 2.68 bits per heavy atom. The molecule has 0 amide bonds. The van der Waals surface area contributed by atoms with Crippen molar-refractivity contribution in [1.82, 2.24) is 14.2 Å². The van der Waals surface area contributed by atoms with Crippen molar-refractivity contribution in [2.24, 2.45) is 13.0 Å². The van der Waals surface area contributed by atoms with Crippen LogP contribution in [0.3, 0.4) is 0 Å². The van der Waals surface area contributed by atoms with E-state index >= 15 is 0 Å². The molecule has 1 fully saturated rings. The minimum absolute atomic E-state index is 0.335. The zero-order valence-electron chi connectivity index (χ0n) is 14.1. The fourth-order valence-electron chi connectivity index (χ4n) is 3.13. The van der Waals surface area contributed by atoms with E-state index in [1.807, 2.05) is 19.3 Å². The Morgan fingerprint density at radius 2 is 2.14 bits per heavy atom. The Labute approximate surface area is 134 Å². The molecule has 2 rings (SSSR count). The summed E-state index contributed by atoms with van der Waals surface area (Å²) >= 11 is 0. The number of hydrogen-bond donors (Lipinski definition) is 1. The molecule has 0 aliphatic carbocycles. The van der Waals surface area contributed by atoms with Gasteiger partial charge in [-0.1, -0.05) is 13.3 Å². The molecule has 1 aliphatic rings. The van der Waals surface area contributed by atoms with Crippen LogP contribution in [0.4, 0.5) is 0 Å². The summed E-state index contributed by atoms with van der Waals surface area (Å²) in [5.74, 6) is 0.377. The molecule has 1 saturated heterocycles. The van der Waals surface area contributed by atoms with Gasteiger partial charge in [0.05, 0.1) is 5.25 Å². The largest absolute Gasteiger partial charge is 0.353 e. The molecule has 1 N–H and O–H groups in total. The van der Waals surface area contributed by atoms with E-state index in [4.69, 9.17) is 0 Å². The van der Waals surface area contributed by atoms with E-state index in [1.54, 1.807) is 18.2 Å². The second kappa shape index (κ2) is 7.15. The van der Waals surface area contributed by atoms with Crippen molar-refractivity contribution in [1.29, 1.82) is 0 Å². The van der Waals surface area contributed by atoms with E-state index < -0.39 is 10.0 Å². The van der Waals surface area contributed by atoms with Gasteiger partial charge in [0.15, 0.2) is 0 Å². The smallest absolute Gasteiger partial charge is 0.216 e. The first-order chi connectivity index (χ1) is 10.4. The summed E-state index contributed by atoms with van der Waals surface area (Å²) in [6.45, 7) is 7.77. The van der Waals surface area contributed by atoms with Crippen LogP contribution in [0.5, 0.6) is 0 Å². The molecule has 0 bridgehead atoms. The monoisotopic (exact) mass is 327 g/mol. The van der Waals surface area contributed by atoms with Gasteiger partial charge in [-0.2, -0.15) is 0 Å². The molecule has 0 radical (unpaired) electrons. The quantitative estimate of drug-likeness (QED) is 0.869. The van der Waals surface area contributed by atoms with E-state index in [0.29, 0.717) is 25.0 Å². The first-order valence-corrected chi connectivity index (χ1v) is 9.69. The highest BCUT2D eigenvalue weighted by atomic mass is 32.2. The van der Waals surface area contributed by atoms with Crippen LogP contribution in [-0.4, -0.2) is 41.7 Å². The second-order valence-corrected chi connectivity index (χ2v) is 9.00. The fraction of sp³-hybridized carbons (Fsp3) is 0.750. The van der Waals surface area contributed by atoms with Crippen LogP contribution < -0.4 is 5.32 Å². The van der Waals surface area contributed by atoms with Crippen LogP contribution in [-0.2, 0) is 23.6 Å². The molecule has 0 unspecified atom stereocenters. The molecule has 2 atom stereocenters. The number of piperidine rings is 1. The number of nitrogens with one attached hydrogen (secondary N) is 1. The molecular weight excluding hydrogens is 298 g/mol. The van der Waals surface area contributed by atoms with Crippen molar-refractivity contribution in [2.45, 2.75) is 51.4 Å². The minimum atomic E-state index is -3.13. The van der Waals surface area contributed by atoms with Gasteiger partial charge in [-0.3, -0.25) is 0 Å². The Hall–Kier alpha value is -0.850. The maximum Gasteiger partial charge on any atom is 0.216 e. The SMILES string of the molecule is CC[C@@H]1CN(S(=O)(=O)C(C)C)CC[C@H]1NCc1cccn1C. The van der Waals surface area contributed by atoms with Gasteiger partial charge in [-0.25, -0.2) is 12.7 Å². The average molecular weight is 327 g/mol. The predicted octanol–water partition coefficient (Wildman–Crippen LogP) is 1.95. The fourth-order valence-corrected chi connectivity index (χ4v) is 4.48. The van der Waals surface area contributed by atoms with Crippen molar-refractivity contribution in [2.75, 3.05) is 13.1 Å². The second-order valence-electron chi connectivity index (χ2n) is 6.51. The van der Waals surface area contributed by atoms with Gasteiger partial charge < -0.3 is 9.88 Å². The summed E-state index contributed by atoms with van der Waals surface area (Å²) in [6, 6.07) is 4.55. The van der Waals surface area contributed by atoms with Crippen molar-refractivity contribution in [3.63, 3.8) is 0 Å². The van der Waals surface area contributed by atoms with E-state index in [0.717, 1.165) is 19.4 Å². The lowest BCUT2D eigenvalue weighted by molar-refractivity contribution is 0.199. The predicted molar refractivity (Wildman–Crippen MR) is 90.1 cm³/mol. The number of sulfonamides is 1. The highest BCUT2D eigenvalue weighted by molar-refractivity contribution is 7.89. The van der Waals surface area contributed by atoms with E-state index in [-0.39, 0.29) is 5.25 Å². The number of rotatable bonds is 6. The summed E-state index contributed by atoms with van der Waals surface area (Å²) in [7, 11) is -1.08. The minimum Gasteiger partial charge on any atom is -0.353 e. The summed E-state index contributed by atoms with van der Waals surface area (Å²) < 4.78 is 28.5. The standard InChI is InChI=1S/C16H29N3O2S/c1-5-14-12-19(22(20,21)13(2)3)10-8-16(14)17-11-15-7-6-9-18(15)4/h6-7,9,13-14,16-17H,5,8,10-12H2,1-4H3/t14-,16-/m1/s1. The zero-order valence-corrected chi connectivity index (χ0v) is 14.9. The Bertz CT molecular complexity index is 580. The highest BCUT2D eigenvalue weighted by Gasteiger charge is 2.35.